The summed E-state index contributed by atoms with van der Waals surface area (Å²) in [4.78, 5) is 14.7. The lowest BCUT2D eigenvalue weighted by atomic mass is 9.95. The molecule has 0 bridgehead atoms. The summed E-state index contributed by atoms with van der Waals surface area (Å²) in [5.74, 6) is 2.45. The highest BCUT2D eigenvalue weighted by Gasteiger charge is 2.30. The lowest BCUT2D eigenvalue weighted by Crippen LogP contribution is -2.41. The van der Waals surface area contributed by atoms with Crippen LogP contribution in [0.1, 0.15) is 38.1 Å². The Bertz CT molecular complexity index is 737. The van der Waals surface area contributed by atoms with Crippen LogP contribution < -0.4 is 0 Å². The lowest BCUT2D eigenvalue weighted by molar-refractivity contribution is -0.134. The predicted molar refractivity (Wildman–Crippen MR) is 93.7 cm³/mol. The maximum atomic E-state index is 12.7. The van der Waals surface area contributed by atoms with E-state index in [2.05, 4.69) is 21.7 Å². The molecule has 2 aromatic rings. The molecule has 4 rings (SSSR count). The molecule has 0 unspecified atom stereocenters. The van der Waals surface area contributed by atoms with Gasteiger partial charge in [0, 0.05) is 31.7 Å². The van der Waals surface area contributed by atoms with Gasteiger partial charge in [0.2, 0.25) is 5.91 Å². The van der Waals surface area contributed by atoms with Gasteiger partial charge in [-0.3, -0.25) is 4.79 Å². The van der Waals surface area contributed by atoms with Gasteiger partial charge in [0.05, 0.1) is 12.6 Å². The van der Waals surface area contributed by atoms with Gasteiger partial charge < -0.3 is 14.2 Å². The number of nitrogens with zero attached hydrogens (tertiary/aromatic N) is 4. The zero-order chi connectivity index (χ0) is 17.2. The summed E-state index contributed by atoms with van der Waals surface area (Å²) in [5, 5.41) is 8.75. The third-order valence-electron chi connectivity index (χ3n) is 5.21. The second-order valence-electron chi connectivity index (χ2n) is 7.06. The van der Waals surface area contributed by atoms with Gasteiger partial charge >= 0.3 is 0 Å². The third kappa shape index (κ3) is 3.31. The third-order valence-corrected chi connectivity index (χ3v) is 5.21. The van der Waals surface area contributed by atoms with E-state index in [0.717, 1.165) is 43.3 Å². The Kier molecular flexibility index (Phi) is 4.53. The van der Waals surface area contributed by atoms with Crippen LogP contribution in [0.4, 0.5) is 0 Å². The minimum Gasteiger partial charge on any atom is -0.381 e. The number of amides is 1. The minimum absolute atomic E-state index is 0.174. The first-order chi connectivity index (χ1) is 12.2. The van der Waals surface area contributed by atoms with Crippen LogP contribution in [-0.4, -0.2) is 45.3 Å². The zero-order valence-electron chi connectivity index (χ0n) is 14.6. The number of aromatic nitrogens is 3. The first-order valence-corrected chi connectivity index (χ1v) is 9.07. The summed E-state index contributed by atoms with van der Waals surface area (Å²) in [7, 11) is 0. The van der Waals surface area contributed by atoms with Crippen molar-refractivity contribution in [2.24, 2.45) is 5.92 Å². The van der Waals surface area contributed by atoms with Crippen LogP contribution in [0.25, 0.3) is 11.4 Å². The van der Waals surface area contributed by atoms with Crippen molar-refractivity contribution in [3.63, 3.8) is 0 Å². The van der Waals surface area contributed by atoms with Gasteiger partial charge in [0.1, 0.15) is 0 Å². The summed E-state index contributed by atoms with van der Waals surface area (Å²) in [5.41, 5.74) is 1.06. The molecule has 3 heterocycles. The predicted octanol–water partition coefficient (Wildman–Crippen LogP) is 2.67. The Hall–Kier alpha value is -2.21. The highest BCUT2D eigenvalue weighted by molar-refractivity contribution is 5.76. The Morgan fingerprint density at radius 2 is 1.96 bits per heavy atom. The van der Waals surface area contributed by atoms with Gasteiger partial charge in [-0.05, 0) is 25.7 Å². The van der Waals surface area contributed by atoms with E-state index >= 15 is 0 Å². The van der Waals surface area contributed by atoms with Crippen LogP contribution in [0, 0.1) is 5.92 Å². The number of carbonyl (C=O) groups excluding carboxylic acids is 1. The van der Waals surface area contributed by atoms with Crippen LogP contribution in [0.5, 0.6) is 0 Å². The lowest BCUT2D eigenvalue weighted by Gasteiger charge is -2.34. The number of rotatable bonds is 3. The van der Waals surface area contributed by atoms with Crippen molar-refractivity contribution in [2.45, 2.75) is 38.8 Å². The van der Waals surface area contributed by atoms with Crippen LogP contribution in [0.2, 0.25) is 0 Å². The first-order valence-electron chi connectivity index (χ1n) is 9.07. The number of benzene rings is 1. The van der Waals surface area contributed by atoms with Crippen molar-refractivity contribution in [3.05, 3.63) is 36.2 Å². The maximum absolute atomic E-state index is 12.7. The molecule has 1 atom stereocenters. The van der Waals surface area contributed by atoms with Crippen LogP contribution in [0.3, 0.4) is 0 Å². The quantitative estimate of drug-likeness (QED) is 0.862. The fraction of sp³-hybridized carbons (Fsp3) is 0.526. The molecule has 2 aliphatic rings. The number of carbonyl (C=O) groups is 1. The Morgan fingerprint density at radius 1 is 1.20 bits per heavy atom. The van der Waals surface area contributed by atoms with Crippen molar-refractivity contribution < 1.29 is 9.53 Å². The molecule has 1 amide bonds. The Balaban J connectivity index is 1.50. The van der Waals surface area contributed by atoms with Crippen molar-refractivity contribution in [2.75, 3.05) is 19.8 Å². The maximum Gasteiger partial charge on any atom is 0.223 e. The van der Waals surface area contributed by atoms with Crippen molar-refractivity contribution in [3.8, 4) is 11.4 Å². The first kappa shape index (κ1) is 16.3. The Morgan fingerprint density at radius 3 is 2.72 bits per heavy atom. The molecule has 0 aliphatic carbocycles. The summed E-state index contributed by atoms with van der Waals surface area (Å²) in [6.45, 7) is 4.96. The van der Waals surface area contributed by atoms with E-state index in [1.165, 1.54) is 0 Å². The molecule has 1 aromatic heterocycles. The van der Waals surface area contributed by atoms with Crippen molar-refractivity contribution in [1.82, 2.24) is 19.7 Å². The summed E-state index contributed by atoms with van der Waals surface area (Å²) < 4.78 is 7.56. The molecule has 132 valence electrons. The molecule has 0 saturated carbocycles. The standard InChI is InChI=1S/C19H24N4O2/c1-14-12-22(18(24)11-15-7-9-25-10-8-15)13-17-20-21-19(23(14)17)16-5-3-2-4-6-16/h2-6,14-15H,7-13H2,1H3/t14-/m0/s1. The molecule has 6 heteroatoms. The molecule has 25 heavy (non-hydrogen) atoms. The van der Waals surface area contributed by atoms with Gasteiger partial charge in [-0.15, -0.1) is 10.2 Å². The Labute approximate surface area is 147 Å². The second kappa shape index (κ2) is 6.96. The highest BCUT2D eigenvalue weighted by atomic mass is 16.5. The number of hydrogen-bond donors (Lipinski definition) is 0. The number of ether oxygens (including phenoxy) is 1. The second-order valence-corrected chi connectivity index (χ2v) is 7.06. The average molecular weight is 340 g/mol. The van der Waals surface area contributed by atoms with Gasteiger partial charge in [-0.25, -0.2) is 0 Å². The summed E-state index contributed by atoms with van der Waals surface area (Å²) in [6, 6.07) is 10.3. The fourth-order valence-corrected chi connectivity index (χ4v) is 3.83. The minimum atomic E-state index is 0.174. The van der Waals surface area contributed by atoms with Crippen LogP contribution in [0.15, 0.2) is 30.3 Å². The monoisotopic (exact) mass is 340 g/mol. The van der Waals surface area contributed by atoms with Crippen LogP contribution >= 0.6 is 0 Å². The van der Waals surface area contributed by atoms with E-state index in [0.29, 0.717) is 25.4 Å². The molecule has 6 nitrogen and oxygen atoms in total. The molecule has 1 saturated heterocycles. The number of fused-ring (bicyclic) bond motifs is 1. The fourth-order valence-electron chi connectivity index (χ4n) is 3.83. The summed E-state index contributed by atoms with van der Waals surface area (Å²) >= 11 is 0. The normalized spacial score (nSPS) is 21.2. The van der Waals surface area contributed by atoms with Gasteiger partial charge in [-0.1, -0.05) is 30.3 Å². The molecule has 1 aromatic carbocycles. The van der Waals surface area contributed by atoms with E-state index in [1.54, 1.807) is 0 Å². The van der Waals surface area contributed by atoms with E-state index in [9.17, 15) is 4.79 Å². The number of hydrogen-bond acceptors (Lipinski definition) is 4. The molecule has 2 aliphatic heterocycles. The van der Waals surface area contributed by atoms with Crippen molar-refractivity contribution in [1.29, 1.82) is 0 Å². The molecule has 0 N–H and O–H groups in total. The zero-order valence-corrected chi connectivity index (χ0v) is 14.6. The molecule has 1 fully saturated rings. The van der Waals surface area contributed by atoms with E-state index in [1.807, 2.05) is 35.2 Å². The SMILES string of the molecule is C[C@H]1CN(C(=O)CC2CCOCC2)Cc2nnc(-c3ccccc3)n21. The van der Waals surface area contributed by atoms with Gasteiger partial charge in [-0.2, -0.15) is 0 Å². The smallest absolute Gasteiger partial charge is 0.223 e. The van der Waals surface area contributed by atoms with E-state index in [4.69, 9.17) is 4.74 Å². The molecular formula is C19H24N4O2. The average Bonchev–Trinajstić information content (AvgIpc) is 3.08. The summed E-state index contributed by atoms with van der Waals surface area (Å²) in [6.07, 6.45) is 2.60. The van der Waals surface area contributed by atoms with Crippen molar-refractivity contribution >= 4 is 5.91 Å². The highest BCUT2D eigenvalue weighted by Crippen LogP contribution is 2.28. The molecule has 0 spiro atoms. The van der Waals surface area contributed by atoms with Crippen LogP contribution in [-0.2, 0) is 16.1 Å². The topological polar surface area (TPSA) is 60.3 Å². The van der Waals surface area contributed by atoms with E-state index in [-0.39, 0.29) is 11.9 Å². The molecular weight excluding hydrogens is 316 g/mol. The van der Waals surface area contributed by atoms with E-state index < -0.39 is 0 Å². The largest absolute Gasteiger partial charge is 0.381 e. The van der Waals surface area contributed by atoms with Gasteiger partial charge in [0.25, 0.3) is 0 Å². The molecule has 0 radical (unpaired) electrons. The van der Waals surface area contributed by atoms with Gasteiger partial charge in [0.15, 0.2) is 11.6 Å².